The molecule has 3 rings (SSSR count). The third kappa shape index (κ3) is 6.76. The number of amides is 3. The summed E-state index contributed by atoms with van der Waals surface area (Å²) in [5, 5.41) is 5.17. The van der Waals surface area contributed by atoms with Crippen LogP contribution in [0, 0.1) is 19.8 Å². The van der Waals surface area contributed by atoms with Crippen molar-refractivity contribution in [3.8, 4) is 5.75 Å². The number of benzene rings is 2. The molecule has 0 aliphatic heterocycles. The summed E-state index contributed by atoms with van der Waals surface area (Å²) in [7, 11) is 0. The topological polar surface area (TPSA) is 109 Å². The number of thiocarbonyl (C=S) groups is 1. The lowest BCUT2D eigenvalue weighted by atomic mass is 10.1. The van der Waals surface area contributed by atoms with E-state index in [1.807, 2.05) is 26.0 Å². The van der Waals surface area contributed by atoms with Crippen LogP contribution in [0.1, 0.15) is 34.3 Å². The van der Waals surface area contributed by atoms with Gasteiger partial charge in [-0.15, -0.1) is 0 Å². The van der Waals surface area contributed by atoms with Gasteiger partial charge in [-0.25, -0.2) is 0 Å². The maximum atomic E-state index is 12.2. The Hall–Kier alpha value is -2.98. The van der Waals surface area contributed by atoms with Crippen molar-refractivity contribution < 1.29 is 19.1 Å². The Labute approximate surface area is 199 Å². The fourth-order valence-corrected chi connectivity index (χ4v) is 3.85. The molecule has 1 saturated carbocycles. The summed E-state index contributed by atoms with van der Waals surface area (Å²) in [6.07, 6.45) is 1.84. The molecule has 32 heavy (non-hydrogen) atoms. The Balaban J connectivity index is 1.41. The van der Waals surface area contributed by atoms with Crippen molar-refractivity contribution in [2.75, 3.05) is 11.9 Å². The first-order valence-electron chi connectivity index (χ1n) is 9.93. The predicted molar refractivity (Wildman–Crippen MR) is 128 cm³/mol. The summed E-state index contributed by atoms with van der Waals surface area (Å²) in [6, 6.07) is 10.3. The van der Waals surface area contributed by atoms with Crippen LogP contribution in [0.4, 0.5) is 5.69 Å². The Morgan fingerprint density at radius 2 is 1.78 bits per heavy atom. The van der Waals surface area contributed by atoms with Crippen molar-refractivity contribution in [3.63, 3.8) is 0 Å². The minimum absolute atomic E-state index is 0.00108. The molecular weight excluding hydrogens is 496 g/mol. The first-order valence-corrected chi connectivity index (χ1v) is 11.1. The molecule has 1 fully saturated rings. The number of rotatable bonds is 6. The van der Waals surface area contributed by atoms with Crippen molar-refractivity contribution in [2.24, 2.45) is 5.92 Å². The van der Waals surface area contributed by atoms with Gasteiger partial charge in [0.1, 0.15) is 5.75 Å². The van der Waals surface area contributed by atoms with E-state index in [9.17, 15) is 14.4 Å². The van der Waals surface area contributed by atoms with Crippen LogP contribution >= 0.6 is 28.1 Å². The summed E-state index contributed by atoms with van der Waals surface area (Å²) in [5.41, 5.74) is 7.85. The van der Waals surface area contributed by atoms with Crippen molar-refractivity contribution in [2.45, 2.75) is 26.7 Å². The molecule has 2 aromatic rings. The molecule has 0 heterocycles. The number of nitrogens with one attached hydrogen (secondary N) is 4. The van der Waals surface area contributed by atoms with Crippen LogP contribution in [0.3, 0.4) is 0 Å². The lowest BCUT2D eigenvalue weighted by Crippen LogP contribution is -2.49. The number of hydrazine groups is 1. The molecule has 0 unspecified atom stereocenters. The fraction of sp³-hybridized carbons (Fsp3) is 0.273. The molecular formula is C22H23BrN4O4S. The number of hydrogen-bond acceptors (Lipinski definition) is 5. The molecule has 0 saturated heterocycles. The van der Waals surface area contributed by atoms with Crippen LogP contribution in [0.15, 0.2) is 40.9 Å². The van der Waals surface area contributed by atoms with Gasteiger partial charge in [-0.3, -0.25) is 30.6 Å². The van der Waals surface area contributed by atoms with Gasteiger partial charge in [0.15, 0.2) is 11.7 Å². The fourth-order valence-electron chi connectivity index (χ4n) is 2.90. The molecule has 1 aliphatic carbocycles. The third-order valence-electron chi connectivity index (χ3n) is 4.63. The number of anilines is 1. The van der Waals surface area contributed by atoms with Crippen molar-refractivity contribution in [1.29, 1.82) is 0 Å². The second-order valence-electron chi connectivity index (χ2n) is 7.48. The Bertz CT molecular complexity index is 1030. The molecule has 8 nitrogen and oxygen atoms in total. The van der Waals surface area contributed by atoms with Gasteiger partial charge in [-0.1, -0.05) is 6.07 Å². The van der Waals surface area contributed by atoms with E-state index in [0.29, 0.717) is 17.0 Å². The summed E-state index contributed by atoms with van der Waals surface area (Å²) in [4.78, 5) is 36.1. The van der Waals surface area contributed by atoms with Gasteiger partial charge in [0, 0.05) is 17.2 Å². The molecule has 0 bridgehead atoms. The van der Waals surface area contributed by atoms with Crippen LogP contribution in [0.2, 0.25) is 0 Å². The average molecular weight is 519 g/mol. The van der Waals surface area contributed by atoms with E-state index in [1.165, 1.54) is 0 Å². The average Bonchev–Trinajstić information content (AvgIpc) is 3.57. The standard InChI is InChI=1S/C22H23BrN4O4S/c1-12-9-13(2)19(17(23)10-12)31-11-18(28)25-22(32)27-26-21(30)15-5-7-16(8-6-15)24-20(29)14-3-4-14/h5-10,14H,3-4,11H2,1-2H3,(H,24,29)(H,26,30)(H2,25,27,28,32). The summed E-state index contributed by atoms with van der Waals surface area (Å²) >= 11 is 8.45. The number of hydrogen-bond donors (Lipinski definition) is 4. The molecule has 168 valence electrons. The molecule has 1 aliphatic rings. The normalized spacial score (nSPS) is 12.5. The van der Waals surface area contributed by atoms with Gasteiger partial charge < -0.3 is 10.1 Å². The van der Waals surface area contributed by atoms with Gasteiger partial charge in [-0.2, -0.15) is 0 Å². The SMILES string of the molecule is Cc1cc(C)c(OCC(=O)NC(=S)NNC(=O)c2ccc(NC(=O)C3CC3)cc2)c(Br)c1. The van der Waals surface area contributed by atoms with Gasteiger partial charge in [-0.05, 0) is 96.3 Å². The van der Waals surface area contributed by atoms with E-state index in [2.05, 4.69) is 37.4 Å². The smallest absolute Gasteiger partial charge is 0.269 e. The van der Waals surface area contributed by atoms with Crippen LogP contribution in [-0.4, -0.2) is 29.4 Å². The number of ether oxygens (including phenoxy) is 1. The highest BCUT2D eigenvalue weighted by atomic mass is 79.9. The molecule has 10 heteroatoms. The van der Waals surface area contributed by atoms with Gasteiger partial charge in [0.2, 0.25) is 5.91 Å². The number of carbonyl (C=O) groups is 3. The maximum absolute atomic E-state index is 12.2. The predicted octanol–water partition coefficient (Wildman–Crippen LogP) is 3.13. The summed E-state index contributed by atoms with van der Waals surface area (Å²) < 4.78 is 6.33. The van der Waals surface area contributed by atoms with E-state index in [0.717, 1.165) is 28.4 Å². The maximum Gasteiger partial charge on any atom is 0.269 e. The van der Waals surface area contributed by atoms with Gasteiger partial charge >= 0.3 is 0 Å². The highest BCUT2D eigenvalue weighted by molar-refractivity contribution is 9.10. The molecule has 0 radical (unpaired) electrons. The zero-order valence-corrected chi connectivity index (χ0v) is 20.0. The molecule has 2 aromatic carbocycles. The largest absolute Gasteiger partial charge is 0.482 e. The van der Waals surface area contributed by atoms with Gasteiger partial charge in [0.05, 0.1) is 4.47 Å². The van der Waals surface area contributed by atoms with E-state index < -0.39 is 11.8 Å². The van der Waals surface area contributed by atoms with Crippen LogP contribution in [0.25, 0.3) is 0 Å². The monoisotopic (exact) mass is 518 g/mol. The number of aryl methyl sites for hydroxylation is 2. The lowest BCUT2D eigenvalue weighted by molar-refractivity contribution is -0.121. The summed E-state index contributed by atoms with van der Waals surface area (Å²) in [6.45, 7) is 3.61. The minimum atomic E-state index is -0.473. The van der Waals surface area contributed by atoms with E-state index >= 15 is 0 Å². The lowest BCUT2D eigenvalue weighted by Gasteiger charge is -2.13. The molecule has 3 amide bonds. The van der Waals surface area contributed by atoms with Crippen LogP contribution in [0.5, 0.6) is 5.75 Å². The van der Waals surface area contributed by atoms with Crippen LogP contribution < -0.4 is 26.2 Å². The van der Waals surface area contributed by atoms with Gasteiger partial charge in [0.25, 0.3) is 11.8 Å². The highest BCUT2D eigenvalue weighted by Crippen LogP contribution is 2.30. The van der Waals surface area contributed by atoms with Crippen molar-refractivity contribution in [3.05, 3.63) is 57.6 Å². The van der Waals surface area contributed by atoms with Crippen molar-refractivity contribution in [1.82, 2.24) is 16.2 Å². The third-order valence-corrected chi connectivity index (χ3v) is 5.42. The van der Waals surface area contributed by atoms with Crippen LogP contribution in [-0.2, 0) is 9.59 Å². The Kier molecular flexibility index (Phi) is 7.81. The Morgan fingerprint density at radius 1 is 1.09 bits per heavy atom. The Morgan fingerprint density at radius 3 is 2.41 bits per heavy atom. The minimum Gasteiger partial charge on any atom is -0.482 e. The number of carbonyl (C=O) groups excluding carboxylic acids is 3. The molecule has 0 atom stereocenters. The zero-order chi connectivity index (χ0) is 23.3. The van der Waals surface area contributed by atoms with Crippen molar-refractivity contribution >= 4 is 56.7 Å². The van der Waals surface area contributed by atoms with E-state index in [-0.39, 0.29) is 23.5 Å². The zero-order valence-electron chi connectivity index (χ0n) is 17.6. The second kappa shape index (κ2) is 10.6. The molecule has 4 N–H and O–H groups in total. The van der Waals surface area contributed by atoms with E-state index in [1.54, 1.807) is 24.3 Å². The first kappa shape index (κ1) is 23.7. The molecule has 0 spiro atoms. The number of halogens is 1. The summed E-state index contributed by atoms with van der Waals surface area (Å²) in [5.74, 6) is -0.240. The first-order chi connectivity index (χ1) is 15.2. The molecule has 0 aromatic heterocycles. The highest BCUT2D eigenvalue weighted by Gasteiger charge is 2.29. The van der Waals surface area contributed by atoms with E-state index in [4.69, 9.17) is 17.0 Å². The second-order valence-corrected chi connectivity index (χ2v) is 8.74. The quantitative estimate of drug-likeness (QED) is 0.345.